The summed E-state index contributed by atoms with van der Waals surface area (Å²) in [6.07, 6.45) is 3.83. The van der Waals surface area contributed by atoms with Gasteiger partial charge in [-0.25, -0.2) is 12.7 Å². The summed E-state index contributed by atoms with van der Waals surface area (Å²) in [5.74, 6) is 0.901. The molecule has 0 aromatic heterocycles. The molecule has 0 aliphatic carbocycles. The molecule has 5 heteroatoms. The van der Waals surface area contributed by atoms with E-state index in [-0.39, 0.29) is 11.2 Å². The van der Waals surface area contributed by atoms with Crippen molar-refractivity contribution < 1.29 is 8.42 Å². The third-order valence-corrected chi connectivity index (χ3v) is 6.09. The van der Waals surface area contributed by atoms with E-state index in [2.05, 4.69) is 26.1 Å². The molecule has 1 unspecified atom stereocenters. The van der Waals surface area contributed by atoms with Gasteiger partial charge < -0.3 is 5.32 Å². The molecule has 0 amide bonds. The van der Waals surface area contributed by atoms with Gasteiger partial charge in [-0.1, -0.05) is 20.8 Å². The Labute approximate surface area is 119 Å². The standard InChI is InChI=1S/C14H30N2O2S/c1-14(2,3)13-7-5-10-16(11-8-13)19(17,18)12-6-9-15-4/h13,15H,5-12H2,1-4H3. The van der Waals surface area contributed by atoms with E-state index in [0.717, 1.165) is 25.8 Å². The topological polar surface area (TPSA) is 49.4 Å². The Hall–Kier alpha value is -0.130. The minimum Gasteiger partial charge on any atom is -0.320 e. The summed E-state index contributed by atoms with van der Waals surface area (Å²) in [6.45, 7) is 8.94. The molecular weight excluding hydrogens is 260 g/mol. The molecule has 114 valence electrons. The molecule has 0 aromatic carbocycles. The average molecular weight is 290 g/mol. The van der Waals surface area contributed by atoms with E-state index in [1.165, 1.54) is 0 Å². The van der Waals surface area contributed by atoms with Crippen molar-refractivity contribution in [3.05, 3.63) is 0 Å². The van der Waals surface area contributed by atoms with Gasteiger partial charge in [0.2, 0.25) is 10.0 Å². The summed E-state index contributed by atoms with van der Waals surface area (Å²) in [4.78, 5) is 0. The predicted octanol–water partition coefficient (Wildman–Crippen LogP) is 2.07. The largest absolute Gasteiger partial charge is 0.320 e. The monoisotopic (exact) mass is 290 g/mol. The number of nitrogens with zero attached hydrogens (tertiary/aromatic N) is 1. The Morgan fingerprint density at radius 1 is 1.21 bits per heavy atom. The zero-order chi connectivity index (χ0) is 14.5. The van der Waals surface area contributed by atoms with Crippen molar-refractivity contribution in [3.8, 4) is 0 Å². The van der Waals surface area contributed by atoms with Crippen LogP contribution in [0, 0.1) is 11.3 Å². The molecule has 4 nitrogen and oxygen atoms in total. The molecule has 1 aliphatic heterocycles. The van der Waals surface area contributed by atoms with Gasteiger partial charge in [0.15, 0.2) is 0 Å². The average Bonchev–Trinajstić information content (AvgIpc) is 2.54. The molecule has 0 aromatic rings. The molecule has 1 N–H and O–H groups in total. The highest BCUT2D eigenvalue weighted by atomic mass is 32.2. The number of hydrogen-bond donors (Lipinski definition) is 1. The molecule has 0 spiro atoms. The van der Waals surface area contributed by atoms with Crippen LogP contribution in [0.5, 0.6) is 0 Å². The molecule has 1 rings (SSSR count). The Morgan fingerprint density at radius 3 is 2.47 bits per heavy atom. The van der Waals surface area contributed by atoms with E-state index in [1.54, 1.807) is 4.31 Å². The first-order valence-corrected chi connectivity index (χ1v) is 9.00. The second kappa shape index (κ2) is 7.04. The second-order valence-corrected chi connectivity index (χ2v) is 8.75. The van der Waals surface area contributed by atoms with Crippen LogP contribution in [0.3, 0.4) is 0 Å². The third-order valence-electron chi connectivity index (χ3n) is 4.13. The highest BCUT2D eigenvalue weighted by molar-refractivity contribution is 7.89. The zero-order valence-corrected chi connectivity index (χ0v) is 13.7. The fourth-order valence-corrected chi connectivity index (χ4v) is 4.33. The van der Waals surface area contributed by atoms with Gasteiger partial charge in [-0.05, 0) is 50.6 Å². The van der Waals surface area contributed by atoms with E-state index in [4.69, 9.17) is 0 Å². The van der Waals surface area contributed by atoms with E-state index >= 15 is 0 Å². The van der Waals surface area contributed by atoms with Gasteiger partial charge in [0.05, 0.1) is 5.75 Å². The van der Waals surface area contributed by atoms with Gasteiger partial charge in [0.1, 0.15) is 0 Å². The van der Waals surface area contributed by atoms with E-state index in [0.29, 0.717) is 25.4 Å². The van der Waals surface area contributed by atoms with Crippen molar-refractivity contribution in [3.63, 3.8) is 0 Å². The lowest BCUT2D eigenvalue weighted by atomic mass is 9.77. The maximum atomic E-state index is 12.3. The van der Waals surface area contributed by atoms with E-state index < -0.39 is 10.0 Å². The minimum absolute atomic E-state index is 0.272. The third kappa shape index (κ3) is 5.40. The van der Waals surface area contributed by atoms with Gasteiger partial charge in [0, 0.05) is 13.1 Å². The SMILES string of the molecule is CNCCCS(=O)(=O)N1CCCC(C(C)(C)C)CC1. The highest BCUT2D eigenvalue weighted by Gasteiger charge is 2.30. The van der Waals surface area contributed by atoms with Crippen LogP contribution in [-0.4, -0.2) is 45.2 Å². The molecule has 1 saturated heterocycles. The zero-order valence-electron chi connectivity index (χ0n) is 12.9. The molecule has 1 atom stereocenters. The quantitative estimate of drug-likeness (QED) is 0.789. The Kier molecular flexibility index (Phi) is 6.27. The van der Waals surface area contributed by atoms with Gasteiger partial charge >= 0.3 is 0 Å². The fourth-order valence-electron chi connectivity index (χ4n) is 2.77. The molecule has 0 radical (unpaired) electrons. The molecular formula is C14H30N2O2S. The van der Waals surface area contributed by atoms with E-state index in [1.807, 2.05) is 7.05 Å². The fraction of sp³-hybridized carbons (Fsp3) is 1.00. The van der Waals surface area contributed by atoms with Crippen molar-refractivity contribution in [2.24, 2.45) is 11.3 Å². The Morgan fingerprint density at radius 2 is 1.89 bits per heavy atom. The van der Waals surface area contributed by atoms with Crippen LogP contribution in [-0.2, 0) is 10.0 Å². The van der Waals surface area contributed by atoms with Crippen molar-refractivity contribution in [1.29, 1.82) is 0 Å². The summed E-state index contributed by atoms with van der Waals surface area (Å²) in [5.41, 5.74) is 0.284. The molecule has 0 bridgehead atoms. The van der Waals surface area contributed by atoms with Gasteiger partial charge in [0.25, 0.3) is 0 Å². The summed E-state index contributed by atoms with van der Waals surface area (Å²) in [6, 6.07) is 0. The number of rotatable bonds is 5. The van der Waals surface area contributed by atoms with Crippen molar-refractivity contribution in [2.75, 3.05) is 32.4 Å². The lowest BCUT2D eigenvalue weighted by Gasteiger charge is -2.29. The van der Waals surface area contributed by atoms with Crippen LogP contribution >= 0.6 is 0 Å². The number of nitrogens with one attached hydrogen (secondary N) is 1. The first kappa shape index (κ1) is 16.9. The van der Waals surface area contributed by atoms with Gasteiger partial charge in [-0.2, -0.15) is 0 Å². The molecule has 1 fully saturated rings. The molecule has 19 heavy (non-hydrogen) atoms. The van der Waals surface area contributed by atoms with Crippen LogP contribution in [0.2, 0.25) is 0 Å². The lowest BCUT2D eigenvalue weighted by Crippen LogP contribution is -2.35. The molecule has 1 heterocycles. The first-order chi connectivity index (χ1) is 8.77. The first-order valence-electron chi connectivity index (χ1n) is 7.40. The lowest BCUT2D eigenvalue weighted by molar-refractivity contribution is 0.217. The van der Waals surface area contributed by atoms with Crippen LogP contribution in [0.1, 0.15) is 46.5 Å². The summed E-state index contributed by atoms with van der Waals surface area (Å²) < 4.78 is 26.3. The van der Waals surface area contributed by atoms with E-state index in [9.17, 15) is 8.42 Å². The van der Waals surface area contributed by atoms with Crippen LogP contribution in [0.15, 0.2) is 0 Å². The smallest absolute Gasteiger partial charge is 0.214 e. The second-order valence-electron chi connectivity index (χ2n) is 6.67. The minimum atomic E-state index is -3.05. The highest BCUT2D eigenvalue weighted by Crippen LogP contribution is 2.34. The summed E-state index contributed by atoms with van der Waals surface area (Å²) in [5, 5.41) is 3.00. The molecule has 1 aliphatic rings. The van der Waals surface area contributed by atoms with Crippen molar-refractivity contribution in [2.45, 2.75) is 46.5 Å². The number of hydrogen-bond acceptors (Lipinski definition) is 3. The van der Waals surface area contributed by atoms with Gasteiger partial charge in [-0.3, -0.25) is 0 Å². The normalized spacial score (nSPS) is 23.3. The number of sulfonamides is 1. The predicted molar refractivity (Wildman–Crippen MR) is 80.7 cm³/mol. The van der Waals surface area contributed by atoms with Crippen LogP contribution in [0.25, 0.3) is 0 Å². The van der Waals surface area contributed by atoms with Crippen molar-refractivity contribution in [1.82, 2.24) is 9.62 Å². The van der Waals surface area contributed by atoms with Gasteiger partial charge in [-0.15, -0.1) is 0 Å². The Bertz CT molecular complexity index is 360. The summed E-state index contributed by atoms with van der Waals surface area (Å²) in [7, 11) is -1.20. The Balaban J connectivity index is 2.57. The van der Waals surface area contributed by atoms with Crippen LogP contribution < -0.4 is 5.32 Å². The molecule has 0 saturated carbocycles. The van der Waals surface area contributed by atoms with Crippen LogP contribution in [0.4, 0.5) is 0 Å². The summed E-state index contributed by atoms with van der Waals surface area (Å²) >= 11 is 0. The van der Waals surface area contributed by atoms with Crippen molar-refractivity contribution >= 4 is 10.0 Å². The maximum Gasteiger partial charge on any atom is 0.214 e. The maximum absolute atomic E-state index is 12.3.